The van der Waals surface area contributed by atoms with Crippen molar-refractivity contribution in [2.24, 2.45) is 0 Å². The number of rotatable bonds is 9. The fourth-order valence-electron chi connectivity index (χ4n) is 3.96. The molecule has 2 aromatic carbocycles. The maximum atomic E-state index is 13.8. The van der Waals surface area contributed by atoms with Gasteiger partial charge in [-0.05, 0) is 82.7 Å². The predicted octanol–water partition coefficient (Wildman–Crippen LogP) is 6.05. The number of hydrogen-bond donors (Lipinski definition) is 2. The summed E-state index contributed by atoms with van der Waals surface area (Å²) in [4.78, 5) is 41.5. The zero-order valence-electron chi connectivity index (χ0n) is 22.9. The van der Waals surface area contributed by atoms with Gasteiger partial charge in [0.1, 0.15) is 17.7 Å². The number of halogens is 1. The number of nitrogens with zero attached hydrogens (tertiary/aromatic N) is 1. The average molecular weight is 548 g/mol. The Balaban J connectivity index is 2.46. The molecule has 0 aliphatic heterocycles. The molecule has 37 heavy (non-hydrogen) atoms. The van der Waals surface area contributed by atoms with Gasteiger partial charge < -0.3 is 20.3 Å². The van der Waals surface area contributed by atoms with Crippen molar-refractivity contribution in [2.45, 2.75) is 65.6 Å². The fraction of sp³-hybridized carbons (Fsp3) is 0.464. The van der Waals surface area contributed by atoms with E-state index in [1.165, 1.54) is 4.90 Å². The number of alkyl carbamates (subject to hydrolysis) is 1. The summed E-state index contributed by atoms with van der Waals surface area (Å²) in [5, 5.41) is 6.04. The summed E-state index contributed by atoms with van der Waals surface area (Å²) < 4.78 is 5.39. The number of anilines is 1. The third-order valence-corrected chi connectivity index (χ3v) is 6.73. The Bertz CT molecular complexity index is 1110. The molecule has 0 aromatic heterocycles. The molecule has 0 aliphatic carbocycles. The van der Waals surface area contributed by atoms with Crippen molar-refractivity contribution in [3.8, 4) is 0 Å². The van der Waals surface area contributed by atoms with Gasteiger partial charge in [-0.25, -0.2) is 4.79 Å². The molecule has 2 aromatic rings. The molecule has 2 rings (SSSR count). The van der Waals surface area contributed by atoms with Crippen LogP contribution in [0.15, 0.2) is 36.4 Å². The normalized spacial score (nSPS) is 12.9. The zero-order chi connectivity index (χ0) is 27.9. The van der Waals surface area contributed by atoms with Crippen LogP contribution in [0.25, 0.3) is 0 Å². The molecule has 7 nitrogen and oxygen atoms in total. The SMILES string of the molecule is CSCCC(NC(=O)OC(C)(C)C)C(=O)N(C)C(C(=O)Nc1c(C)cccc1Cl)c1ccc(C)cc1C. The number of benzene rings is 2. The maximum Gasteiger partial charge on any atom is 0.408 e. The molecule has 2 N–H and O–H groups in total. The van der Waals surface area contributed by atoms with Crippen molar-refractivity contribution in [1.82, 2.24) is 10.2 Å². The van der Waals surface area contributed by atoms with E-state index in [4.69, 9.17) is 16.3 Å². The summed E-state index contributed by atoms with van der Waals surface area (Å²) in [5.74, 6) is -0.157. The summed E-state index contributed by atoms with van der Waals surface area (Å²) in [6, 6.07) is 9.28. The summed E-state index contributed by atoms with van der Waals surface area (Å²) >= 11 is 7.94. The molecule has 0 spiro atoms. The minimum atomic E-state index is -0.957. The Morgan fingerprint density at radius 2 is 1.76 bits per heavy atom. The van der Waals surface area contributed by atoms with Gasteiger partial charge in [-0.15, -0.1) is 0 Å². The quantitative estimate of drug-likeness (QED) is 0.399. The monoisotopic (exact) mass is 547 g/mol. The molecule has 0 heterocycles. The van der Waals surface area contributed by atoms with Crippen LogP contribution in [0.2, 0.25) is 5.02 Å². The van der Waals surface area contributed by atoms with Crippen molar-refractivity contribution in [1.29, 1.82) is 0 Å². The Morgan fingerprint density at radius 1 is 1.08 bits per heavy atom. The Hall–Kier alpha value is -2.71. The largest absolute Gasteiger partial charge is 0.444 e. The third-order valence-electron chi connectivity index (χ3n) is 5.77. The van der Waals surface area contributed by atoms with Gasteiger partial charge in [0.25, 0.3) is 5.91 Å². The molecule has 9 heteroatoms. The lowest BCUT2D eigenvalue weighted by molar-refractivity contribution is -0.139. The molecular weight excluding hydrogens is 510 g/mol. The first-order valence-electron chi connectivity index (χ1n) is 12.1. The topological polar surface area (TPSA) is 87.7 Å². The number of para-hydroxylation sites is 1. The van der Waals surface area contributed by atoms with Gasteiger partial charge in [-0.3, -0.25) is 9.59 Å². The highest BCUT2D eigenvalue weighted by Gasteiger charge is 2.35. The van der Waals surface area contributed by atoms with Crippen LogP contribution in [-0.2, 0) is 14.3 Å². The second-order valence-corrected chi connectivity index (χ2v) is 11.5. The van der Waals surface area contributed by atoms with Crippen LogP contribution in [-0.4, -0.2) is 53.5 Å². The van der Waals surface area contributed by atoms with Crippen molar-refractivity contribution < 1.29 is 19.1 Å². The van der Waals surface area contributed by atoms with Crippen LogP contribution in [0.3, 0.4) is 0 Å². The molecule has 202 valence electrons. The van der Waals surface area contributed by atoms with Crippen molar-refractivity contribution in [2.75, 3.05) is 24.4 Å². The first-order chi connectivity index (χ1) is 17.2. The number of likely N-dealkylation sites (N-methyl/N-ethyl adjacent to an activating group) is 1. The minimum absolute atomic E-state index is 0.383. The molecule has 2 atom stereocenters. The van der Waals surface area contributed by atoms with Crippen molar-refractivity contribution in [3.63, 3.8) is 0 Å². The number of aryl methyl sites for hydroxylation is 3. The number of nitrogens with one attached hydrogen (secondary N) is 2. The van der Waals surface area contributed by atoms with Crippen LogP contribution in [0.5, 0.6) is 0 Å². The highest BCUT2D eigenvalue weighted by atomic mass is 35.5. The molecule has 0 saturated carbocycles. The van der Waals surface area contributed by atoms with Gasteiger partial charge in [-0.1, -0.05) is 47.5 Å². The van der Waals surface area contributed by atoms with Gasteiger partial charge in [-0.2, -0.15) is 11.8 Å². The minimum Gasteiger partial charge on any atom is -0.444 e. The summed E-state index contributed by atoms with van der Waals surface area (Å²) in [6.07, 6.45) is 1.63. The number of ether oxygens (including phenoxy) is 1. The van der Waals surface area contributed by atoms with Crippen LogP contribution in [0.1, 0.15) is 55.5 Å². The van der Waals surface area contributed by atoms with E-state index in [0.717, 1.165) is 16.7 Å². The van der Waals surface area contributed by atoms with Gasteiger partial charge in [0, 0.05) is 7.05 Å². The van der Waals surface area contributed by atoms with E-state index in [1.54, 1.807) is 45.6 Å². The molecule has 0 aliphatic rings. The Labute approximate surface area is 229 Å². The van der Waals surface area contributed by atoms with Gasteiger partial charge in [0.15, 0.2) is 0 Å². The Morgan fingerprint density at radius 3 is 2.32 bits per heavy atom. The smallest absolute Gasteiger partial charge is 0.408 e. The summed E-state index contributed by atoms with van der Waals surface area (Å²) in [6.45, 7) is 11.0. The summed E-state index contributed by atoms with van der Waals surface area (Å²) in [7, 11) is 1.58. The van der Waals surface area contributed by atoms with Crippen molar-refractivity contribution >= 4 is 47.0 Å². The van der Waals surface area contributed by atoms with Crippen LogP contribution in [0.4, 0.5) is 10.5 Å². The van der Waals surface area contributed by atoms with E-state index >= 15 is 0 Å². The van der Waals surface area contributed by atoms with E-state index < -0.39 is 35.6 Å². The number of amides is 3. The number of carbonyl (C=O) groups is 3. The number of carbonyl (C=O) groups excluding carboxylic acids is 3. The fourth-order valence-corrected chi connectivity index (χ4v) is 4.70. The standard InChI is InChI=1S/C28H38ClN3O4S/c1-17-12-13-20(19(3)16-17)24(25(33)31-23-18(2)10-9-11-21(23)29)32(7)26(34)22(14-15-37-8)30-27(35)36-28(4,5)6/h9-13,16,22,24H,14-15H2,1-8H3,(H,30,35)(H,31,33). The van der Waals surface area contributed by atoms with E-state index in [1.807, 2.05) is 57.4 Å². The Kier molecular flexibility index (Phi) is 10.9. The van der Waals surface area contributed by atoms with E-state index in [2.05, 4.69) is 10.6 Å². The molecule has 0 bridgehead atoms. The molecular formula is C28H38ClN3O4S. The van der Waals surface area contributed by atoms with Gasteiger partial charge in [0.2, 0.25) is 5.91 Å². The summed E-state index contributed by atoms with van der Waals surface area (Å²) in [5.41, 5.74) is 3.19. The first-order valence-corrected chi connectivity index (χ1v) is 13.9. The second-order valence-electron chi connectivity index (χ2n) is 10.1. The molecule has 0 saturated heterocycles. The first kappa shape index (κ1) is 30.5. The van der Waals surface area contributed by atoms with Crippen LogP contribution >= 0.6 is 23.4 Å². The van der Waals surface area contributed by atoms with Crippen molar-refractivity contribution in [3.05, 3.63) is 63.7 Å². The second kappa shape index (κ2) is 13.2. The molecule has 0 fully saturated rings. The number of hydrogen-bond acceptors (Lipinski definition) is 5. The lowest BCUT2D eigenvalue weighted by Crippen LogP contribution is -2.51. The highest BCUT2D eigenvalue weighted by molar-refractivity contribution is 7.98. The highest BCUT2D eigenvalue weighted by Crippen LogP contribution is 2.30. The van der Waals surface area contributed by atoms with E-state index in [0.29, 0.717) is 28.4 Å². The predicted molar refractivity (Wildman–Crippen MR) is 152 cm³/mol. The molecule has 0 radical (unpaired) electrons. The van der Waals surface area contributed by atoms with E-state index in [-0.39, 0.29) is 0 Å². The third kappa shape index (κ3) is 8.68. The molecule has 2 unspecified atom stereocenters. The maximum absolute atomic E-state index is 13.8. The molecule has 3 amide bonds. The van der Waals surface area contributed by atoms with Gasteiger partial charge in [0.05, 0.1) is 10.7 Å². The van der Waals surface area contributed by atoms with Gasteiger partial charge >= 0.3 is 6.09 Å². The zero-order valence-corrected chi connectivity index (χ0v) is 24.5. The average Bonchev–Trinajstić information content (AvgIpc) is 2.79. The lowest BCUT2D eigenvalue weighted by atomic mass is 9.96. The van der Waals surface area contributed by atoms with E-state index in [9.17, 15) is 14.4 Å². The van der Waals surface area contributed by atoms with Crippen LogP contribution < -0.4 is 10.6 Å². The van der Waals surface area contributed by atoms with Crippen LogP contribution in [0, 0.1) is 20.8 Å². The lowest BCUT2D eigenvalue weighted by Gasteiger charge is -2.32. The number of thioether (sulfide) groups is 1.